The number of unbranched alkanes of at least 4 members (excludes halogenated alkanes) is 2. The summed E-state index contributed by atoms with van der Waals surface area (Å²) in [6, 6.07) is 7.49. The molecule has 4 heterocycles. The molecule has 2 saturated heterocycles. The second kappa shape index (κ2) is 12.8. The summed E-state index contributed by atoms with van der Waals surface area (Å²) in [6.07, 6.45) is 9.62. The first-order chi connectivity index (χ1) is 19.5. The quantitative estimate of drug-likeness (QED) is 0.277. The Bertz CT molecular complexity index is 1350. The number of amides is 3. The molecule has 10 heteroatoms. The Labute approximate surface area is 240 Å². The van der Waals surface area contributed by atoms with Gasteiger partial charge in [-0.25, -0.2) is 9.78 Å². The normalized spacial score (nSPS) is 15.8. The van der Waals surface area contributed by atoms with Gasteiger partial charge in [0.15, 0.2) is 11.5 Å². The van der Waals surface area contributed by atoms with Gasteiger partial charge in [-0.1, -0.05) is 31.4 Å². The fourth-order valence-corrected chi connectivity index (χ4v) is 5.87. The molecule has 0 radical (unpaired) electrons. The molecule has 0 aliphatic carbocycles. The Kier molecular flexibility index (Phi) is 8.99. The van der Waals surface area contributed by atoms with E-state index in [4.69, 9.17) is 21.1 Å². The predicted molar refractivity (Wildman–Crippen MR) is 156 cm³/mol. The molecule has 0 saturated carbocycles. The van der Waals surface area contributed by atoms with Crippen molar-refractivity contribution in [2.45, 2.75) is 58.5 Å². The lowest BCUT2D eigenvalue weighted by molar-refractivity contribution is -0.130. The summed E-state index contributed by atoms with van der Waals surface area (Å²) in [5.41, 5.74) is 2.36. The number of aromatic nitrogens is 2. The first-order valence-electron chi connectivity index (χ1n) is 14.3. The summed E-state index contributed by atoms with van der Waals surface area (Å²) in [7, 11) is 1.62. The Morgan fingerprint density at radius 3 is 2.65 bits per heavy atom. The first-order valence-corrected chi connectivity index (χ1v) is 14.6. The number of hydrogen-bond donors (Lipinski definition) is 0. The molecule has 0 N–H and O–H groups in total. The lowest BCUT2D eigenvalue weighted by Crippen LogP contribution is -2.49. The van der Waals surface area contributed by atoms with Crippen LogP contribution < -0.4 is 14.4 Å². The third-order valence-electron chi connectivity index (χ3n) is 7.70. The number of nitrogens with zero attached hydrogens (tertiary/aromatic N) is 5. The minimum absolute atomic E-state index is 0.0712. The molecular formula is C30H38ClN5O4. The number of anilines is 1. The molecule has 1 aromatic carbocycles. The molecule has 2 aromatic heterocycles. The van der Waals surface area contributed by atoms with E-state index < -0.39 is 0 Å². The second-order valence-electron chi connectivity index (χ2n) is 10.5. The highest BCUT2D eigenvalue weighted by Crippen LogP contribution is 2.34. The largest absolute Gasteiger partial charge is 0.493 e. The van der Waals surface area contributed by atoms with Crippen LogP contribution >= 0.6 is 11.6 Å². The van der Waals surface area contributed by atoms with Crippen LogP contribution in [0.15, 0.2) is 36.7 Å². The number of urea groups is 1. The number of fused-ring (bicyclic) bond motifs is 1. The SMILES string of the molecule is CCCCCOc1cc(N2CCCN(Cc3ccnc4c3c(Cl)cn4CC(=O)N3CCCC3)C2=O)ccc1OC. The van der Waals surface area contributed by atoms with Crippen molar-refractivity contribution < 1.29 is 19.1 Å². The maximum Gasteiger partial charge on any atom is 0.324 e. The minimum Gasteiger partial charge on any atom is -0.493 e. The monoisotopic (exact) mass is 567 g/mol. The fourth-order valence-electron chi connectivity index (χ4n) is 5.55. The first kappa shape index (κ1) is 28.1. The number of methoxy groups -OCH3 is 1. The molecule has 0 atom stereocenters. The number of carbonyl (C=O) groups is 2. The van der Waals surface area contributed by atoms with E-state index in [1.807, 2.05) is 38.6 Å². The average Bonchev–Trinajstić information content (AvgIpc) is 3.61. The lowest BCUT2D eigenvalue weighted by atomic mass is 10.1. The van der Waals surface area contributed by atoms with E-state index in [9.17, 15) is 9.59 Å². The van der Waals surface area contributed by atoms with Crippen molar-refractivity contribution in [2.75, 3.05) is 44.8 Å². The molecule has 2 aliphatic heterocycles. The number of pyridine rings is 1. The molecule has 3 aromatic rings. The highest BCUT2D eigenvalue weighted by molar-refractivity contribution is 6.35. The van der Waals surface area contributed by atoms with Crippen LogP contribution in [0.3, 0.4) is 0 Å². The standard InChI is InChI=1S/C30H38ClN5O4/c1-3-4-7-17-40-26-18-23(9-10-25(26)39-2)36-16-8-15-34(30(36)38)19-22-11-12-32-29-28(22)24(31)20-35(29)21-27(37)33-13-5-6-14-33/h9-12,18,20H,3-8,13-17,19,21H2,1-2H3. The average molecular weight is 568 g/mol. The highest BCUT2D eigenvalue weighted by atomic mass is 35.5. The van der Waals surface area contributed by atoms with Crippen molar-refractivity contribution in [1.29, 1.82) is 0 Å². The zero-order chi connectivity index (χ0) is 28.1. The molecule has 2 aliphatic rings. The zero-order valence-electron chi connectivity index (χ0n) is 23.4. The van der Waals surface area contributed by atoms with E-state index in [0.717, 1.165) is 68.3 Å². The van der Waals surface area contributed by atoms with Gasteiger partial charge in [-0.2, -0.15) is 0 Å². The number of benzene rings is 1. The maximum absolute atomic E-state index is 13.7. The van der Waals surface area contributed by atoms with Crippen LogP contribution in [0.2, 0.25) is 5.02 Å². The smallest absolute Gasteiger partial charge is 0.324 e. The van der Waals surface area contributed by atoms with E-state index in [0.29, 0.717) is 48.4 Å². The molecule has 0 unspecified atom stereocenters. The van der Waals surface area contributed by atoms with E-state index in [2.05, 4.69) is 11.9 Å². The minimum atomic E-state index is -0.0712. The number of carbonyl (C=O) groups excluding carboxylic acids is 2. The lowest BCUT2D eigenvalue weighted by Gasteiger charge is -2.36. The third kappa shape index (κ3) is 5.99. The fraction of sp³-hybridized carbons (Fsp3) is 0.500. The molecule has 9 nitrogen and oxygen atoms in total. The van der Waals surface area contributed by atoms with Crippen molar-refractivity contribution in [3.05, 3.63) is 47.2 Å². The van der Waals surface area contributed by atoms with Crippen molar-refractivity contribution in [1.82, 2.24) is 19.4 Å². The Balaban J connectivity index is 1.33. The molecule has 40 heavy (non-hydrogen) atoms. The molecule has 2 fully saturated rings. The number of rotatable bonds is 11. The van der Waals surface area contributed by atoms with Gasteiger partial charge >= 0.3 is 6.03 Å². The predicted octanol–water partition coefficient (Wildman–Crippen LogP) is 5.72. The van der Waals surface area contributed by atoms with Gasteiger partial charge in [-0.15, -0.1) is 0 Å². The summed E-state index contributed by atoms with van der Waals surface area (Å²) in [4.78, 5) is 36.6. The van der Waals surface area contributed by atoms with Crippen LogP contribution in [0.25, 0.3) is 11.0 Å². The van der Waals surface area contributed by atoms with Crippen molar-refractivity contribution >= 4 is 40.3 Å². The number of halogens is 1. The van der Waals surface area contributed by atoms with Gasteiger partial charge in [-0.3, -0.25) is 9.69 Å². The summed E-state index contributed by atoms with van der Waals surface area (Å²) in [5.74, 6) is 1.38. The summed E-state index contributed by atoms with van der Waals surface area (Å²) in [6.45, 7) is 6.24. The van der Waals surface area contributed by atoms with Crippen LogP contribution in [0.5, 0.6) is 11.5 Å². The third-order valence-corrected chi connectivity index (χ3v) is 7.98. The van der Waals surface area contributed by atoms with E-state index in [1.165, 1.54) is 0 Å². The molecule has 3 amide bonds. The van der Waals surface area contributed by atoms with E-state index in [1.54, 1.807) is 24.4 Å². The van der Waals surface area contributed by atoms with Crippen LogP contribution in [0.1, 0.15) is 51.0 Å². The molecule has 5 rings (SSSR count). The van der Waals surface area contributed by atoms with Crippen molar-refractivity contribution in [3.8, 4) is 11.5 Å². The summed E-state index contributed by atoms with van der Waals surface area (Å²) >= 11 is 6.69. The Morgan fingerprint density at radius 1 is 1.05 bits per heavy atom. The van der Waals surface area contributed by atoms with Crippen LogP contribution in [0, 0.1) is 0 Å². The number of hydrogen-bond acceptors (Lipinski definition) is 5. The molecule has 214 valence electrons. The maximum atomic E-state index is 13.7. The number of likely N-dealkylation sites (tertiary alicyclic amines) is 1. The van der Waals surface area contributed by atoms with E-state index >= 15 is 0 Å². The van der Waals surface area contributed by atoms with Crippen molar-refractivity contribution in [3.63, 3.8) is 0 Å². The van der Waals surface area contributed by atoms with Crippen LogP contribution in [-0.4, -0.2) is 71.2 Å². The zero-order valence-corrected chi connectivity index (χ0v) is 24.2. The van der Waals surface area contributed by atoms with Gasteiger partial charge in [0.1, 0.15) is 12.2 Å². The highest BCUT2D eigenvalue weighted by Gasteiger charge is 2.29. The van der Waals surface area contributed by atoms with Gasteiger partial charge in [-0.05, 0) is 49.4 Å². The van der Waals surface area contributed by atoms with Gasteiger partial charge in [0.05, 0.1) is 18.7 Å². The summed E-state index contributed by atoms with van der Waals surface area (Å²) in [5, 5.41) is 1.32. The van der Waals surface area contributed by atoms with Crippen molar-refractivity contribution in [2.24, 2.45) is 0 Å². The topological polar surface area (TPSA) is 80.1 Å². The van der Waals surface area contributed by atoms with Crippen LogP contribution in [0.4, 0.5) is 10.5 Å². The van der Waals surface area contributed by atoms with Gasteiger partial charge in [0.2, 0.25) is 5.91 Å². The van der Waals surface area contributed by atoms with Gasteiger partial charge in [0, 0.05) is 62.3 Å². The Morgan fingerprint density at radius 2 is 1.88 bits per heavy atom. The summed E-state index contributed by atoms with van der Waals surface area (Å²) < 4.78 is 13.3. The van der Waals surface area contributed by atoms with E-state index in [-0.39, 0.29) is 18.5 Å². The number of ether oxygens (including phenoxy) is 2. The van der Waals surface area contributed by atoms with Gasteiger partial charge < -0.3 is 23.8 Å². The Hall–Kier alpha value is -3.46. The second-order valence-corrected chi connectivity index (χ2v) is 10.9. The molecule has 0 bridgehead atoms. The van der Waals surface area contributed by atoms with Crippen LogP contribution in [-0.2, 0) is 17.9 Å². The molecule has 0 spiro atoms. The molecular weight excluding hydrogens is 530 g/mol. The van der Waals surface area contributed by atoms with Gasteiger partial charge in [0.25, 0.3) is 0 Å².